The second kappa shape index (κ2) is 2.45. The fraction of sp³-hybridized carbons (Fsp3) is 0.429. The molecule has 64 valence electrons. The van der Waals surface area contributed by atoms with Crippen molar-refractivity contribution >= 4 is 15.9 Å². The molecule has 0 amide bonds. The molecule has 0 bridgehead atoms. The first kappa shape index (κ1) is 8.04. The van der Waals surface area contributed by atoms with Crippen LogP contribution >= 0.6 is 15.9 Å². The predicted molar refractivity (Wildman–Crippen MR) is 42.0 cm³/mol. The zero-order chi connectivity index (χ0) is 8.77. The van der Waals surface area contributed by atoms with Crippen LogP contribution in [0, 0.1) is 0 Å². The van der Waals surface area contributed by atoms with E-state index >= 15 is 0 Å². The van der Waals surface area contributed by atoms with E-state index in [0.717, 1.165) is 0 Å². The van der Waals surface area contributed by atoms with Gasteiger partial charge < -0.3 is 0 Å². The van der Waals surface area contributed by atoms with Gasteiger partial charge in [-0.3, -0.25) is 0 Å². The lowest BCUT2D eigenvalue weighted by atomic mass is 10.3. The van der Waals surface area contributed by atoms with E-state index in [2.05, 4.69) is 26.1 Å². The molecule has 1 heterocycles. The van der Waals surface area contributed by atoms with Crippen molar-refractivity contribution in [1.82, 2.24) is 10.2 Å². The monoisotopic (exact) mass is 234 g/mol. The van der Waals surface area contributed by atoms with Crippen molar-refractivity contribution in [1.29, 1.82) is 0 Å². The molecule has 0 aliphatic heterocycles. The summed E-state index contributed by atoms with van der Waals surface area (Å²) in [5.74, 6) is -3.26. The van der Waals surface area contributed by atoms with Gasteiger partial charge in [0.25, 0.3) is 5.92 Å². The quantitative estimate of drug-likeness (QED) is 0.746. The third-order valence-corrected chi connectivity index (χ3v) is 2.26. The Morgan fingerprint density at radius 1 is 1.42 bits per heavy atom. The Bertz CT molecular complexity index is 299. The molecule has 0 aromatic carbocycles. The standard InChI is InChI=1S/C7H5BrF2N2/c8-6-2-1-5(11-12-6)4-3-7(4,9)10/h1-2,4H,3H2. The fourth-order valence-electron chi connectivity index (χ4n) is 1.05. The van der Waals surface area contributed by atoms with Gasteiger partial charge in [0, 0.05) is 6.42 Å². The molecule has 0 spiro atoms. The van der Waals surface area contributed by atoms with Crippen molar-refractivity contribution in [3.05, 3.63) is 22.4 Å². The topological polar surface area (TPSA) is 25.8 Å². The van der Waals surface area contributed by atoms with Gasteiger partial charge in [-0.1, -0.05) is 0 Å². The first-order valence-electron chi connectivity index (χ1n) is 3.46. The minimum absolute atomic E-state index is 0.0939. The Balaban J connectivity index is 2.21. The van der Waals surface area contributed by atoms with Crippen LogP contribution in [0.1, 0.15) is 18.0 Å². The average Bonchev–Trinajstić information content (AvgIpc) is 2.61. The van der Waals surface area contributed by atoms with E-state index in [9.17, 15) is 8.78 Å². The fourth-order valence-corrected chi connectivity index (χ4v) is 1.26. The SMILES string of the molecule is FC1(F)CC1c1ccc(Br)nn1. The lowest BCUT2D eigenvalue weighted by molar-refractivity contribution is 0.111. The molecule has 5 heteroatoms. The summed E-state index contributed by atoms with van der Waals surface area (Å²) in [6.45, 7) is 0. The summed E-state index contributed by atoms with van der Waals surface area (Å²) in [5, 5.41) is 7.30. The molecule has 1 aromatic rings. The molecular weight excluding hydrogens is 230 g/mol. The van der Waals surface area contributed by atoms with Crippen LogP contribution in [0.15, 0.2) is 16.7 Å². The Labute approximate surface area is 76.1 Å². The van der Waals surface area contributed by atoms with E-state index in [1.807, 2.05) is 0 Å². The normalized spacial score (nSPS) is 25.4. The van der Waals surface area contributed by atoms with Crippen LogP contribution in [0.5, 0.6) is 0 Å². The Morgan fingerprint density at radius 3 is 2.50 bits per heavy atom. The highest BCUT2D eigenvalue weighted by molar-refractivity contribution is 9.10. The molecule has 1 aliphatic rings. The maximum absolute atomic E-state index is 12.5. The Kier molecular flexibility index (Phi) is 1.64. The van der Waals surface area contributed by atoms with Gasteiger partial charge in [0.15, 0.2) is 0 Å². The van der Waals surface area contributed by atoms with Crippen LogP contribution in [0.25, 0.3) is 0 Å². The smallest absolute Gasteiger partial charge is 0.206 e. The third kappa shape index (κ3) is 1.33. The number of halogens is 3. The zero-order valence-corrected chi connectivity index (χ0v) is 7.55. The van der Waals surface area contributed by atoms with Crippen LogP contribution < -0.4 is 0 Å². The van der Waals surface area contributed by atoms with Gasteiger partial charge in [-0.15, -0.1) is 5.10 Å². The molecule has 1 aromatic heterocycles. The van der Waals surface area contributed by atoms with E-state index in [0.29, 0.717) is 10.3 Å². The minimum Gasteiger partial charge on any atom is -0.206 e. The summed E-state index contributed by atoms with van der Waals surface area (Å²) in [5.41, 5.74) is 0.378. The molecule has 1 aliphatic carbocycles. The lowest BCUT2D eigenvalue weighted by Gasteiger charge is -1.95. The highest BCUT2D eigenvalue weighted by atomic mass is 79.9. The summed E-state index contributed by atoms with van der Waals surface area (Å²) >= 11 is 3.08. The highest BCUT2D eigenvalue weighted by Crippen LogP contribution is 2.54. The van der Waals surface area contributed by atoms with Crippen molar-refractivity contribution in [3.8, 4) is 0 Å². The summed E-state index contributed by atoms with van der Waals surface area (Å²) < 4.78 is 25.6. The number of hydrogen-bond acceptors (Lipinski definition) is 2. The van der Waals surface area contributed by atoms with Crippen LogP contribution in [-0.2, 0) is 0 Å². The summed E-state index contributed by atoms with van der Waals surface area (Å²) in [7, 11) is 0. The van der Waals surface area contributed by atoms with E-state index in [-0.39, 0.29) is 6.42 Å². The second-order valence-corrected chi connectivity index (χ2v) is 3.61. The second-order valence-electron chi connectivity index (χ2n) is 2.80. The minimum atomic E-state index is -2.55. The van der Waals surface area contributed by atoms with Crippen molar-refractivity contribution in [2.75, 3.05) is 0 Å². The van der Waals surface area contributed by atoms with Crippen LogP contribution in [-0.4, -0.2) is 16.1 Å². The largest absolute Gasteiger partial charge is 0.257 e. The first-order valence-corrected chi connectivity index (χ1v) is 4.26. The number of rotatable bonds is 1. The molecule has 2 nitrogen and oxygen atoms in total. The van der Waals surface area contributed by atoms with Gasteiger partial charge in [-0.2, -0.15) is 5.10 Å². The molecule has 0 N–H and O–H groups in total. The van der Waals surface area contributed by atoms with E-state index < -0.39 is 11.8 Å². The average molecular weight is 235 g/mol. The number of alkyl halides is 2. The van der Waals surface area contributed by atoms with Gasteiger partial charge in [-0.05, 0) is 28.1 Å². The van der Waals surface area contributed by atoms with Crippen LogP contribution in [0.2, 0.25) is 0 Å². The van der Waals surface area contributed by atoms with Crippen molar-refractivity contribution in [3.63, 3.8) is 0 Å². The molecule has 12 heavy (non-hydrogen) atoms. The van der Waals surface area contributed by atoms with Gasteiger partial charge >= 0.3 is 0 Å². The van der Waals surface area contributed by atoms with E-state index in [1.54, 1.807) is 12.1 Å². The predicted octanol–water partition coefficient (Wildman–Crippen LogP) is 2.36. The number of nitrogens with zero attached hydrogens (tertiary/aromatic N) is 2. The van der Waals surface area contributed by atoms with E-state index in [4.69, 9.17) is 0 Å². The molecule has 2 rings (SSSR count). The molecule has 1 atom stereocenters. The molecule has 1 saturated carbocycles. The van der Waals surface area contributed by atoms with E-state index in [1.165, 1.54) is 0 Å². The molecule has 0 radical (unpaired) electrons. The highest BCUT2D eigenvalue weighted by Gasteiger charge is 2.58. The zero-order valence-electron chi connectivity index (χ0n) is 5.97. The van der Waals surface area contributed by atoms with Gasteiger partial charge in [0.1, 0.15) is 4.60 Å². The Morgan fingerprint density at radius 2 is 2.08 bits per heavy atom. The van der Waals surface area contributed by atoms with Crippen molar-refractivity contribution in [2.45, 2.75) is 18.3 Å². The maximum atomic E-state index is 12.5. The maximum Gasteiger partial charge on any atom is 0.257 e. The van der Waals surface area contributed by atoms with Gasteiger partial charge in [-0.25, -0.2) is 8.78 Å². The van der Waals surface area contributed by atoms with Crippen molar-refractivity contribution in [2.24, 2.45) is 0 Å². The third-order valence-electron chi connectivity index (χ3n) is 1.84. The summed E-state index contributed by atoms with van der Waals surface area (Å²) in [6.07, 6.45) is -0.0939. The molecule has 1 fully saturated rings. The van der Waals surface area contributed by atoms with Gasteiger partial charge in [0.2, 0.25) is 0 Å². The first-order chi connectivity index (χ1) is 5.59. The summed E-state index contributed by atoms with van der Waals surface area (Å²) in [6, 6.07) is 3.19. The van der Waals surface area contributed by atoms with Crippen LogP contribution in [0.4, 0.5) is 8.78 Å². The molecule has 0 saturated heterocycles. The molecule has 1 unspecified atom stereocenters. The molecular formula is C7H5BrF2N2. The Hall–Kier alpha value is -0.580. The number of aromatic nitrogens is 2. The van der Waals surface area contributed by atoms with Crippen LogP contribution in [0.3, 0.4) is 0 Å². The van der Waals surface area contributed by atoms with Crippen molar-refractivity contribution < 1.29 is 8.78 Å². The van der Waals surface area contributed by atoms with Gasteiger partial charge in [0.05, 0.1) is 11.6 Å². The summed E-state index contributed by atoms with van der Waals surface area (Å²) in [4.78, 5) is 0. The number of hydrogen-bond donors (Lipinski definition) is 0. The lowest BCUT2D eigenvalue weighted by Crippen LogP contribution is -1.96.